The van der Waals surface area contributed by atoms with Crippen LogP contribution < -0.4 is 4.74 Å². The SMILES string of the molecule is CCOC(=O)C(F)(F)Cc1ccccc1OC. The van der Waals surface area contributed by atoms with E-state index in [0.717, 1.165) is 0 Å². The van der Waals surface area contributed by atoms with Gasteiger partial charge in [-0.25, -0.2) is 4.79 Å². The molecule has 3 nitrogen and oxygen atoms in total. The van der Waals surface area contributed by atoms with Crippen molar-refractivity contribution in [2.24, 2.45) is 0 Å². The number of ether oxygens (including phenoxy) is 2. The Morgan fingerprint density at radius 1 is 1.35 bits per heavy atom. The number of alkyl halides is 2. The van der Waals surface area contributed by atoms with Gasteiger partial charge in [0.2, 0.25) is 0 Å². The highest BCUT2D eigenvalue weighted by atomic mass is 19.3. The Labute approximate surface area is 98.3 Å². The van der Waals surface area contributed by atoms with Gasteiger partial charge in [0.25, 0.3) is 0 Å². The van der Waals surface area contributed by atoms with E-state index in [1.54, 1.807) is 18.2 Å². The van der Waals surface area contributed by atoms with Crippen molar-refractivity contribution in [1.29, 1.82) is 0 Å². The number of halogens is 2. The van der Waals surface area contributed by atoms with E-state index in [1.807, 2.05) is 0 Å². The van der Waals surface area contributed by atoms with Gasteiger partial charge >= 0.3 is 11.9 Å². The minimum absolute atomic E-state index is 0.0691. The summed E-state index contributed by atoms with van der Waals surface area (Å²) in [6.07, 6.45) is -0.726. The van der Waals surface area contributed by atoms with Crippen LogP contribution in [0.3, 0.4) is 0 Å². The van der Waals surface area contributed by atoms with Gasteiger partial charge < -0.3 is 9.47 Å². The first kappa shape index (κ1) is 13.4. The third-order valence-corrected chi connectivity index (χ3v) is 2.18. The number of para-hydroxylation sites is 1. The van der Waals surface area contributed by atoms with Gasteiger partial charge in [0, 0.05) is 5.56 Å². The zero-order valence-corrected chi connectivity index (χ0v) is 9.70. The van der Waals surface area contributed by atoms with E-state index in [4.69, 9.17) is 4.74 Å². The topological polar surface area (TPSA) is 35.5 Å². The highest BCUT2D eigenvalue weighted by molar-refractivity contribution is 5.78. The van der Waals surface area contributed by atoms with Crippen LogP contribution in [-0.2, 0) is 16.0 Å². The Hall–Kier alpha value is -1.65. The minimum atomic E-state index is -3.54. The lowest BCUT2D eigenvalue weighted by atomic mass is 10.1. The van der Waals surface area contributed by atoms with E-state index >= 15 is 0 Å². The standard InChI is InChI=1S/C12H14F2O3/c1-3-17-11(15)12(13,14)8-9-6-4-5-7-10(9)16-2/h4-7H,3,8H2,1-2H3. The molecule has 0 aliphatic heterocycles. The van der Waals surface area contributed by atoms with Crippen molar-refractivity contribution in [3.05, 3.63) is 29.8 Å². The van der Waals surface area contributed by atoms with E-state index in [2.05, 4.69) is 4.74 Å². The number of rotatable bonds is 5. The lowest BCUT2D eigenvalue weighted by Gasteiger charge is -2.16. The van der Waals surface area contributed by atoms with E-state index < -0.39 is 18.3 Å². The first-order chi connectivity index (χ1) is 8.01. The summed E-state index contributed by atoms with van der Waals surface area (Å²) in [5.74, 6) is -4.72. The number of esters is 1. The smallest absolute Gasteiger partial charge is 0.377 e. The van der Waals surface area contributed by atoms with Crippen molar-refractivity contribution in [2.45, 2.75) is 19.3 Å². The molecule has 0 unspecified atom stereocenters. The molecule has 0 fully saturated rings. The monoisotopic (exact) mass is 244 g/mol. The van der Waals surface area contributed by atoms with Gasteiger partial charge in [0.1, 0.15) is 5.75 Å². The molecule has 1 rings (SSSR count). The molecule has 0 amide bonds. The average molecular weight is 244 g/mol. The van der Waals surface area contributed by atoms with Crippen molar-refractivity contribution in [1.82, 2.24) is 0 Å². The molecule has 0 radical (unpaired) electrons. The van der Waals surface area contributed by atoms with Crippen LogP contribution in [0.1, 0.15) is 12.5 Å². The van der Waals surface area contributed by atoms with Crippen LogP contribution in [0, 0.1) is 0 Å². The molecular formula is C12H14F2O3. The van der Waals surface area contributed by atoms with E-state index in [9.17, 15) is 13.6 Å². The molecular weight excluding hydrogens is 230 g/mol. The summed E-state index contributed by atoms with van der Waals surface area (Å²) in [4.78, 5) is 11.1. The summed E-state index contributed by atoms with van der Waals surface area (Å²) in [6, 6.07) is 6.34. The Balaban J connectivity index is 2.85. The Morgan fingerprint density at radius 2 is 2.00 bits per heavy atom. The van der Waals surface area contributed by atoms with E-state index in [0.29, 0.717) is 5.75 Å². The van der Waals surface area contributed by atoms with Crippen molar-refractivity contribution in [3.8, 4) is 5.75 Å². The maximum Gasteiger partial charge on any atom is 0.377 e. The average Bonchev–Trinajstić information content (AvgIpc) is 2.29. The summed E-state index contributed by atoms with van der Waals surface area (Å²) < 4.78 is 36.2. The predicted molar refractivity (Wildman–Crippen MR) is 58.3 cm³/mol. The predicted octanol–water partition coefficient (Wildman–Crippen LogP) is 2.44. The van der Waals surface area contributed by atoms with Crippen LogP contribution in [-0.4, -0.2) is 25.6 Å². The lowest BCUT2D eigenvalue weighted by Crippen LogP contribution is -2.33. The molecule has 0 atom stereocenters. The Kier molecular flexibility index (Phi) is 4.43. The summed E-state index contributed by atoms with van der Waals surface area (Å²) in [5.41, 5.74) is 0.271. The number of benzene rings is 1. The summed E-state index contributed by atoms with van der Waals surface area (Å²) >= 11 is 0. The van der Waals surface area contributed by atoms with Crippen molar-refractivity contribution in [3.63, 3.8) is 0 Å². The highest BCUT2D eigenvalue weighted by Gasteiger charge is 2.41. The zero-order chi connectivity index (χ0) is 12.9. The molecule has 0 saturated carbocycles. The quantitative estimate of drug-likeness (QED) is 0.746. The van der Waals surface area contributed by atoms with Crippen molar-refractivity contribution >= 4 is 5.97 Å². The van der Waals surface area contributed by atoms with Gasteiger partial charge in [-0.1, -0.05) is 18.2 Å². The number of carbonyl (C=O) groups is 1. The molecule has 1 aromatic rings. The fourth-order valence-electron chi connectivity index (χ4n) is 1.40. The summed E-state index contributed by atoms with van der Waals surface area (Å²) in [6.45, 7) is 1.41. The van der Waals surface area contributed by atoms with E-state index in [1.165, 1.54) is 20.1 Å². The van der Waals surface area contributed by atoms with Crippen LogP contribution in [0.4, 0.5) is 8.78 Å². The molecule has 0 aliphatic carbocycles. The van der Waals surface area contributed by atoms with Crippen LogP contribution in [0.2, 0.25) is 0 Å². The maximum absolute atomic E-state index is 13.5. The second kappa shape index (κ2) is 5.61. The number of hydrogen-bond donors (Lipinski definition) is 0. The third kappa shape index (κ3) is 3.41. The number of carbonyl (C=O) groups excluding carboxylic acids is 1. The first-order valence-electron chi connectivity index (χ1n) is 5.18. The molecule has 17 heavy (non-hydrogen) atoms. The molecule has 94 valence electrons. The summed E-state index contributed by atoms with van der Waals surface area (Å²) in [7, 11) is 1.39. The van der Waals surface area contributed by atoms with Crippen molar-refractivity contribution in [2.75, 3.05) is 13.7 Å². The molecule has 0 N–H and O–H groups in total. The second-order valence-electron chi connectivity index (χ2n) is 3.41. The minimum Gasteiger partial charge on any atom is -0.496 e. The molecule has 0 heterocycles. The normalized spacial score (nSPS) is 11.1. The highest BCUT2D eigenvalue weighted by Crippen LogP contribution is 2.27. The number of methoxy groups -OCH3 is 1. The largest absolute Gasteiger partial charge is 0.496 e. The lowest BCUT2D eigenvalue weighted by molar-refractivity contribution is -0.171. The van der Waals surface area contributed by atoms with Gasteiger partial charge in [-0.3, -0.25) is 0 Å². The van der Waals surface area contributed by atoms with Gasteiger partial charge in [0.15, 0.2) is 0 Å². The fourth-order valence-corrected chi connectivity index (χ4v) is 1.40. The molecule has 5 heteroatoms. The molecule has 0 spiro atoms. The Morgan fingerprint density at radius 3 is 2.59 bits per heavy atom. The number of hydrogen-bond acceptors (Lipinski definition) is 3. The van der Waals surface area contributed by atoms with Crippen LogP contribution in [0.15, 0.2) is 24.3 Å². The van der Waals surface area contributed by atoms with Gasteiger partial charge in [-0.2, -0.15) is 8.78 Å². The molecule has 0 saturated heterocycles. The molecule has 0 aliphatic rings. The van der Waals surface area contributed by atoms with Crippen molar-refractivity contribution < 1.29 is 23.0 Å². The van der Waals surface area contributed by atoms with Crippen LogP contribution in [0.25, 0.3) is 0 Å². The molecule has 1 aromatic carbocycles. The third-order valence-electron chi connectivity index (χ3n) is 2.18. The summed E-state index contributed by atoms with van der Waals surface area (Å²) in [5, 5.41) is 0. The van der Waals surface area contributed by atoms with E-state index in [-0.39, 0.29) is 12.2 Å². The molecule has 0 bridgehead atoms. The fraction of sp³-hybridized carbons (Fsp3) is 0.417. The molecule has 0 aromatic heterocycles. The van der Waals surface area contributed by atoms with Gasteiger partial charge in [0.05, 0.1) is 20.1 Å². The zero-order valence-electron chi connectivity index (χ0n) is 9.70. The van der Waals surface area contributed by atoms with Crippen LogP contribution in [0.5, 0.6) is 5.75 Å². The van der Waals surface area contributed by atoms with Gasteiger partial charge in [-0.05, 0) is 13.0 Å². The first-order valence-corrected chi connectivity index (χ1v) is 5.18. The second-order valence-corrected chi connectivity index (χ2v) is 3.41. The van der Waals surface area contributed by atoms with Gasteiger partial charge in [-0.15, -0.1) is 0 Å². The Bertz CT molecular complexity index is 391. The maximum atomic E-state index is 13.5. The van der Waals surface area contributed by atoms with Crippen LogP contribution >= 0.6 is 0 Å².